The first-order chi connectivity index (χ1) is 7.17. The number of nitrogens with zero attached hydrogens (tertiary/aromatic N) is 2. The molecule has 0 aromatic carbocycles. The van der Waals surface area contributed by atoms with Gasteiger partial charge in [-0.05, 0) is 44.6 Å². The van der Waals surface area contributed by atoms with Crippen LogP contribution < -0.4 is 4.74 Å². The Morgan fingerprint density at radius 3 is 3.00 bits per heavy atom. The van der Waals surface area contributed by atoms with Crippen LogP contribution in [0.3, 0.4) is 0 Å². The smallest absolute Gasteiger partial charge is 0.169 e. The SMILES string of the molecule is COc1cc(Br)c2nc(I)c(C=O)n2c1. The summed E-state index contributed by atoms with van der Waals surface area (Å²) in [5.74, 6) is 0.672. The lowest BCUT2D eigenvalue weighted by Gasteiger charge is -2.03. The minimum atomic E-state index is 0.533. The normalized spacial score (nSPS) is 10.6. The van der Waals surface area contributed by atoms with E-state index in [1.807, 2.05) is 28.7 Å². The largest absolute Gasteiger partial charge is 0.495 e. The number of rotatable bonds is 2. The first kappa shape index (κ1) is 10.9. The van der Waals surface area contributed by atoms with Crippen molar-refractivity contribution in [3.63, 3.8) is 0 Å². The van der Waals surface area contributed by atoms with E-state index in [2.05, 4.69) is 20.9 Å². The van der Waals surface area contributed by atoms with Gasteiger partial charge in [0, 0.05) is 0 Å². The first-order valence-corrected chi connectivity index (χ1v) is 5.91. The highest BCUT2D eigenvalue weighted by Gasteiger charge is 2.12. The Balaban J connectivity index is 2.86. The molecule has 0 N–H and O–H groups in total. The molecule has 4 nitrogen and oxygen atoms in total. The van der Waals surface area contributed by atoms with Gasteiger partial charge < -0.3 is 4.74 Å². The lowest BCUT2D eigenvalue weighted by molar-refractivity contribution is 0.111. The fraction of sp³-hybridized carbons (Fsp3) is 0.111. The van der Waals surface area contributed by atoms with Crippen molar-refractivity contribution in [3.8, 4) is 5.75 Å². The summed E-state index contributed by atoms with van der Waals surface area (Å²) in [5, 5.41) is 0. The van der Waals surface area contributed by atoms with Crippen LogP contribution in [0.1, 0.15) is 10.5 Å². The van der Waals surface area contributed by atoms with Crippen LogP contribution in [0.15, 0.2) is 16.7 Å². The monoisotopic (exact) mass is 380 g/mol. The number of methoxy groups -OCH3 is 1. The van der Waals surface area contributed by atoms with Crippen molar-refractivity contribution in [2.24, 2.45) is 0 Å². The maximum atomic E-state index is 10.9. The van der Waals surface area contributed by atoms with E-state index in [4.69, 9.17) is 4.74 Å². The van der Waals surface area contributed by atoms with Crippen LogP contribution in [0.25, 0.3) is 5.65 Å². The highest BCUT2D eigenvalue weighted by molar-refractivity contribution is 14.1. The Morgan fingerprint density at radius 1 is 1.67 bits per heavy atom. The Bertz CT molecular complexity index is 538. The van der Waals surface area contributed by atoms with E-state index in [-0.39, 0.29) is 0 Å². The van der Waals surface area contributed by atoms with Gasteiger partial charge in [-0.2, -0.15) is 0 Å². The van der Waals surface area contributed by atoms with Crippen molar-refractivity contribution in [2.45, 2.75) is 0 Å². The molecule has 0 aliphatic carbocycles. The molecule has 0 radical (unpaired) electrons. The average Bonchev–Trinajstić information content (AvgIpc) is 2.54. The number of hydrogen-bond acceptors (Lipinski definition) is 3. The van der Waals surface area contributed by atoms with E-state index in [9.17, 15) is 4.79 Å². The van der Waals surface area contributed by atoms with Gasteiger partial charge in [-0.1, -0.05) is 0 Å². The molecule has 0 saturated heterocycles. The zero-order valence-electron chi connectivity index (χ0n) is 7.70. The highest BCUT2D eigenvalue weighted by atomic mass is 127. The average molecular weight is 381 g/mol. The van der Waals surface area contributed by atoms with Crippen molar-refractivity contribution < 1.29 is 9.53 Å². The summed E-state index contributed by atoms with van der Waals surface area (Å²) in [6.45, 7) is 0. The fourth-order valence-electron chi connectivity index (χ4n) is 1.29. The summed E-state index contributed by atoms with van der Waals surface area (Å²) in [7, 11) is 1.58. The second kappa shape index (κ2) is 4.09. The molecule has 0 amide bonds. The molecule has 2 heterocycles. The topological polar surface area (TPSA) is 43.6 Å². The number of carbonyl (C=O) groups is 1. The Morgan fingerprint density at radius 2 is 2.40 bits per heavy atom. The second-order valence-corrected chi connectivity index (χ2v) is 4.70. The number of imidazole rings is 1. The van der Waals surface area contributed by atoms with Gasteiger partial charge in [-0.15, -0.1) is 0 Å². The Labute approximate surface area is 108 Å². The van der Waals surface area contributed by atoms with E-state index >= 15 is 0 Å². The molecule has 78 valence electrons. The quantitative estimate of drug-likeness (QED) is 0.594. The van der Waals surface area contributed by atoms with E-state index in [1.165, 1.54) is 0 Å². The molecule has 0 aliphatic heterocycles. The second-order valence-electron chi connectivity index (χ2n) is 2.83. The lowest BCUT2D eigenvalue weighted by Crippen LogP contribution is -1.94. The standard InChI is InChI=1S/C9H6BrIN2O2/c1-15-5-2-6(10)9-12-8(11)7(4-14)13(9)3-5/h2-4H,1H3. The van der Waals surface area contributed by atoms with E-state index in [0.717, 1.165) is 10.8 Å². The molecule has 2 rings (SSSR count). The molecule has 0 spiro atoms. The summed E-state index contributed by atoms with van der Waals surface area (Å²) in [6, 6.07) is 1.81. The molecule has 0 unspecified atom stereocenters. The summed E-state index contributed by atoms with van der Waals surface area (Å²) in [6.07, 6.45) is 2.52. The van der Waals surface area contributed by atoms with Crippen LogP contribution in [-0.4, -0.2) is 22.8 Å². The predicted molar refractivity (Wildman–Crippen MR) is 67.5 cm³/mol. The van der Waals surface area contributed by atoms with Crippen molar-refractivity contribution >= 4 is 50.5 Å². The molecule has 2 aromatic rings. The number of halogens is 2. The molecule has 2 aromatic heterocycles. The van der Waals surface area contributed by atoms with Crippen LogP contribution >= 0.6 is 38.5 Å². The molecule has 6 heteroatoms. The summed E-state index contributed by atoms with van der Waals surface area (Å²) < 4.78 is 8.30. The number of aldehydes is 1. The van der Waals surface area contributed by atoms with Gasteiger partial charge in [-0.3, -0.25) is 9.20 Å². The van der Waals surface area contributed by atoms with Crippen molar-refractivity contribution in [1.82, 2.24) is 9.38 Å². The number of fused-ring (bicyclic) bond motifs is 1. The van der Waals surface area contributed by atoms with Crippen LogP contribution in [0.4, 0.5) is 0 Å². The van der Waals surface area contributed by atoms with E-state index < -0.39 is 0 Å². The maximum Gasteiger partial charge on any atom is 0.169 e. The van der Waals surface area contributed by atoms with Gasteiger partial charge >= 0.3 is 0 Å². The van der Waals surface area contributed by atoms with Gasteiger partial charge in [0.15, 0.2) is 11.9 Å². The summed E-state index contributed by atoms with van der Waals surface area (Å²) >= 11 is 5.41. The van der Waals surface area contributed by atoms with Crippen molar-refractivity contribution in [2.75, 3.05) is 7.11 Å². The third-order valence-corrected chi connectivity index (χ3v) is 3.37. The van der Waals surface area contributed by atoms with Crippen molar-refractivity contribution in [3.05, 3.63) is 26.1 Å². The predicted octanol–water partition coefficient (Wildman–Crippen LogP) is 2.52. The minimum absolute atomic E-state index is 0.533. The minimum Gasteiger partial charge on any atom is -0.495 e. The van der Waals surface area contributed by atoms with E-state index in [1.54, 1.807) is 17.7 Å². The molecule has 0 aliphatic rings. The molecule has 0 atom stereocenters. The Hall–Kier alpha value is -0.630. The molecule has 0 bridgehead atoms. The number of hydrogen-bond donors (Lipinski definition) is 0. The number of ether oxygens (including phenoxy) is 1. The number of pyridine rings is 1. The third-order valence-electron chi connectivity index (χ3n) is 1.99. The number of carbonyl (C=O) groups excluding carboxylic acids is 1. The van der Waals surface area contributed by atoms with Crippen LogP contribution in [-0.2, 0) is 0 Å². The van der Waals surface area contributed by atoms with Crippen LogP contribution in [0.5, 0.6) is 5.75 Å². The third kappa shape index (κ3) is 1.76. The lowest BCUT2D eigenvalue weighted by atomic mass is 10.4. The van der Waals surface area contributed by atoms with Gasteiger partial charge in [-0.25, -0.2) is 4.98 Å². The van der Waals surface area contributed by atoms with Gasteiger partial charge in [0.25, 0.3) is 0 Å². The van der Waals surface area contributed by atoms with Gasteiger partial charge in [0.05, 0.1) is 17.8 Å². The first-order valence-electron chi connectivity index (χ1n) is 4.03. The van der Waals surface area contributed by atoms with Gasteiger partial charge in [0.2, 0.25) is 0 Å². The molecular weight excluding hydrogens is 375 g/mol. The molecular formula is C9H6BrIN2O2. The summed E-state index contributed by atoms with van der Waals surface area (Å²) in [5.41, 5.74) is 1.24. The van der Waals surface area contributed by atoms with E-state index in [0.29, 0.717) is 20.8 Å². The fourth-order valence-corrected chi connectivity index (χ4v) is 2.41. The Kier molecular flexibility index (Phi) is 2.96. The summed E-state index contributed by atoms with van der Waals surface area (Å²) in [4.78, 5) is 15.2. The molecule has 0 saturated carbocycles. The van der Waals surface area contributed by atoms with Crippen molar-refractivity contribution in [1.29, 1.82) is 0 Å². The highest BCUT2D eigenvalue weighted by Crippen LogP contribution is 2.25. The number of aromatic nitrogens is 2. The zero-order chi connectivity index (χ0) is 11.0. The zero-order valence-corrected chi connectivity index (χ0v) is 11.4. The molecule has 0 fully saturated rings. The van der Waals surface area contributed by atoms with Gasteiger partial charge in [0.1, 0.15) is 15.1 Å². The van der Waals surface area contributed by atoms with Crippen LogP contribution in [0, 0.1) is 3.70 Å². The molecule has 15 heavy (non-hydrogen) atoms. The maximum absolute atomic E-state index is 10.9. The van der Waals surface area contributed by atoms with Crippen LogP contribution in [0.2, 0.25) is 0 Å².